The monoisotopic (exact) mass is 462 g/mol. The number of carbonyl (C=O) groups excluding carboxylic acids is 1. The fraction of sp³-hybridized carbons (Fsp3) is 0.435. The molecule has 9 heteroatoms. The van der Waals surface area contributed by atoms with Crippen molar-refractivity contribution in [3.8, 4) is 5.75 Å². The summed E-state index contributed by atoms with van der Waals surface area (Å²) in [6.07, 6.45) is 0.793. The molecule has 3 rings (SSSR count). The van der Waals surface area contributed by atoms with Crippen molar-refractivity contribution in [3.05, 3.63) is 60.2 Å². The molecule has 8 nitrogen and oxygen atoms in total. The van der Waals surface area contributed by atoms with E-state index in [-0.39, 0.29) is 29.9 Å². The molecule has 0 aliphatic carbocycles. The van der Waals surface area contributed by atoms with Crippen LogP contribution in [0.25, 0.3) is 0 Å². The lowest BCUT2D eigenvalue weighted by atomic mass is 9.98. The van der Waals surface area contributed by atoms with Crippen LogP contribution in [-0.2, 0) is 26.0 Å². The number of sulfonamides is 1. The average molecular weight is 463 g/mol. The third-order valence-electron chi connectivity index (χ3n) is 5.46. The summed E-state index contributed by atoms with van der Waals surface area (Å²) in [4.78, 5) is 12.4. The van der Waals surface area contributed by atoms with E-state index in [0.717, 1.165) is 12.0 Å². The fourth-order valence-corrected chi connectivity index (χ4v) is 5.01. The van der Waals surface area contributed by atoms with Gasteiger partial charge in [-0.3, -0.25) is 4.79 Å². The van der Waals surface area contributed by atoms with Crippen molar-refractivity contribution in [2.45, 2.75) is 48.8 Å². The van der Waals surface area contributed by atoms with Crippen molar-refractivity contribution in [1.29, 1.82) is 0 Å². The zero-order valence-electron chi connectivity index (χ0n) is 18.1. The quantitative estimate of drug-likeness (QED) is 0.495. The van der Waals surface area contributed by atoms with E-state index in [1.165, 1.54) is 19.2 Å². The molecule has 1 saturated heterocycles. The average Bonchev–Trinajstić information content (AvgIpc) is 2.80. The lowest BCUT2D eigenvalue weighted by molar-refractivity contribution is -0.130. The molecule has 0 saturated carbocycles. The highest BCUT2D eigenvalue weighted by molar-refractivity contribution is 7.89. The van der Waals surface area contributed by atoms with Crippen molar-refractivity contribution >= 4 is 15.9 Å². The minimum absolute atomic E-state index is 0.106. The van der Waals surface area contributed by atoms with Gasteiger partial charge in [-0.15, -0.1) is 0 Å². The topological polar surface area (TPSA) is 114 Å². The summed E-state index contributed by atoms with van der Waals surface area (Å²) in [5, 5.41) is 12.6. The summed E-state index contributed by atoms with van der Waals surface area (Å²) in [5.74, 6) is 0.433. The molecule has 1 aliphatic rings. The normalized spacial score (nSPS) is 21.1. The standard InChI is InChI=1S/C23H30N2O6S/c1-30-18-7-10-20(11-8-18)32(28,29)25-21-12-9-19(31-22(21)16-26)15-23(27)24-14-13-17-5-3-2-4-6-17/h2-8,10-11,19,21-22,25-26H,9,12-16H2,1H3,(H,24,27)/t19-,21+,22-/m1/s1. The van der Waals surface area contributed by atoms with Crippen LogP contribution in [0.2, 0.25) is 0 Å². The molecule has 1 fully saturated rings. The van der Waals surface area contributed by atoms with Crippen molar-refractivity contribution in [2.75, 3.05) is 20.3 Å². The minimum Gasteiger partial charge on any atom is -0.497 e. The molecule has 3 atom stereocenters. The van der Waals surface area contributed by atoms with E-state index >= 15 is 0 Å². The zero-order valence-corrected chi connectivity index (χ0v) is 18.9. The Morgan fingerprint density at radius 1 is 1.12 bits per heavy atom. The van der Waals surface area contributed by atoms with Crippen LogP contribution in [0.1, 0.15) is 24.8 Å². The van der Waals surface area contributed by atoms with Gasteiger partial charge in [0.1, 0.15) is 5.75 Å². The maximum absolute atomic E-state index is 12.7. The molecule has 0 radical (unpaired) electrons. The smallest absolute Gasteiger partial charge is 0.240 e. The Hall–Kier alpha value is -2.46. The number of ether oxygens (including phenoxy) is 2. The van der Waals surface area contributed by atoms with E-state index in [1.807, 2.05) is 30.3 Å². The Morgan fingerprint density at radius 2 is 1.84 bits per heavy atom. The van der Waals surface area contributed by atoms with Gasteiger partial charge in [-0.05, 0) is 49.1 Å². The van der Waals surface area contributed by atoms with Gasteiger partial charge in [-0.2, -0.15) is 0 Å². The van der Waals surface area contributed by atoms with Crippen LogP contribution in [0.15, 0.2) is 59.5 Å². The molecule has 1 heterocycles. The second-order valence-electron chi connectivity index (χ2n) is 7.75. The van der Waals surface area contributed by atoms with Crippen molar-refractivity contribution in [1.82, 2.24) is 10.0 Å². The highest BCUT2D eigenvalue weighted by atomic mass is 32.2. The summed E-state index contributed by atoms with van der Waals surface area (Å²) >= 11 is 0. The first-order valence-electron chi connectivity index (χ1n) is 10.6. The Balaban J connectivity index is 1.48. The minimum atomic E-state index is -3.78. The number of hydrogen-bond acceptors (Lipinski definition) is 6. The molecule has 0 spiro atoms. The predicted molar refractivity (Wildman–Crippen MR) is 120 cm³/mol. The van der Waals surface area contributed by atoms with Gasteiger partial charge in [0.15, 0.2) is 0 Å². The van der Waals surface area contributed by atoms with Gasteiger partial charge in [-0.25, -0.2) is 13.1 Å². The number of methoxy groups -OCH3 is 1. The van der Waals surface area contributed by atoms with Gasteiger partial charge in [0.25, 0.3) is 0 Å². The second-order valence-corrected chi connectivity index (χ2v) is 9.46. The molecule has 32 heavy (non-hydrogen) atoms. The summed E-state index contributed by atoms with van der Waals surface area (Å²) in [7, 11) is -2.28. The zero-order chi connectivity index (χ0) is 23.0. The lowest BCUT2D eigenvalue weighted by Gasteiger charge is -2.35. The second kappa shape index (κ2) is 11.4. The maximum Gasteiger partial charge on any atom is 0.240 e. The first-order chi connectivity index (χ1) is 15.4. The number of aliphatic hydroxyl groups excluding tert-OH is 1. The number of aliphatic hydroxyl groups is 1. The van der Waals surface area contributed by atoms with Crippen LogP contribution < -0.4 is 14.8 Å². The molecule has 2 aromatic carbocycles. The van der Waals surface area contributed by atoms with Crippen LogP contribution in [0.4, 0.5) is 0 Å². The van der Waals surface area contributed by atoms with Crippen molar-refractivity contribution < 1.29 is 27.8 Å². The number of benzene rings is 2. The summed E-state index contributed by atoms with van der Waals surface area (Å²) in [6.45, 7) is 0.186. The number of carbonyl (C=O) groups is 1. The molecule has 0 unspecified atom stereocenters. The van der Waals surface area contributed by atoms with E-state index in [4.69, 9.17) is 9.47 Å². The first kappa shape index (κ1) is 24.2. The summed E-state index contributed by atoms with van der Waals surface area (Å²) < 4.78 is 38.9. The van der Waals surface area contributed by atoms with Gasteiger partial charge < -0.3 is 19.9 Å². The van der Waals surface area contributed by atoms with E-state index in [1.54, 1.807) is 12.1 Å². The molecular weight excluding hydrogens is 432 g/mol. The van der Waals surface area contributed by atoms with Gasteiger partial charge in [0, 0.05) is 6.54 Å². The van der Waals surface area contributed by atoms with Gasteiger partial charge >= 0.3 is 0 Å². The third-order valence-corrected chi connectivity index (χ3v) is 6.97. The summed E-state index contributed by atoms with van der Waals surface area (Å²) in [5.41, 5.74) is 1.15. The summed E-state index contributed by atoms with van der Waals surface area (Å²) in [6, 6.07) is 15.4. The highest BCUT2D eigenvalue weighted by Crippen LogP contribution is 2.24. The van der Waals surface area contributed by atoms with Gasteiger partial charge in [0.05, 0.1) is 43.3 Å². The molecule has 2 aromatic rings. The van der Waals surface area contributed by atoms with E-state index in [0.29, 0.717) is 25.1 Å². The first-order valence-corrected chi connectivity index (χ1v) is 12.1. The maximum atomic E-state index is 12.7. The van der Waals surface area contributed by atoms with Crippen LogP contribution >= 0.6 is 0 Å². The number of hydrogen-bond donors (Lipinski definition) is 3. The Kier molecular flexibility index (Phi) is 8.63. The van der Waals surface area contributed by atoms with Crippen LogP contribution in [-0.4, -0.2) is 57.9 Å². The van der Waals surface area contributed by atoms with Crippen LogP contribution in [0, 0.1) is 0 Å². The van der Waals surface area contributed by atoms with Gasteiger partial charge in [0.2, 0.25) is 15.9 Å². The molecule has 174 valence electrons. The fourth-order valence-electron chi connectivity index (χ4n) is 3.71. The van der Waals surface area contributed by atoms with Crippen LogP contribution in [0.3, 0.4) is 0 Å². The van der Waals surface area contributed by atoms with E-state index in [9.17, 15) is 18.3 Å². The van der Waals surface area contributed by atoms with E-state index in [2.05, 4.69) is 10.0 Å². The third kappa shape index (κ3) is 6.77. The number of rotatable bonds is 10. The number of amides is 1. The lowest BCUT2D eigenvalue weighted by Crippen LogP contribution is -2.51. The Bertz CT molecular complexity index is 966. The van der Waals surface area contributed by atoms with E-state index < -0.39 is 22.2 Å². The van der Waals surface area contributed by atoms with Crippen molar-refractivity contribution in [3.63, 3.8) is 0 Å². The highest BCUT2D eigenvalue weighted by Gasteiger charge is 2.34. The molecule has 0 bridgehead atoms. The van der Waals surface area contributed by atoms with Crippen molar-refractivity contribution in [2.24, 2.45) is 0 Å². The Labute approximate surface area is 189 Å². The predicted octanol–water partition coefficient (Wildman–Crippen LogP) is 1.63. The molecular formula is C23H30N2O6S. The molecule has 0 aromatic heterocycles. The largest absolute Gasteiger partial charge is 0.497 e. The van der Waals surface area contributed by atoms with Gasteiger partial charge in [-0.1, -0.05) is 30.3 Å². The Morgan fingerprint density at radius 3 is 2.50 bits per heavy atom. The van der Waals surface area contributed by atoms with Crippen LogP contribution in [0.5, 0.6) is 5.75 Å². The molecule has 1 aliphatic heterocycles. The SMILES string of the molecule is COc1ccc(S(=O)(=O)N[C@H]2CC[C@H](CC(=O)NCCc3ccccc3)O[C@@H]2CO)cc1. The molecule has 1 amide bonds. The molecule has 3 N–H and O–H groups in total. The number of nitrogens with one attached hydrogen (secondary N) is 2.